The molecule has 1 atom stereocenters. The van der Waals surface area contributed by atoms with Crippen LogP contribution in [0, 0.1) is 0 Å². The molecule has 1 heterocycles. The Hall–Kier alpha value is -1.37. The van der Waals surface area contributed by atoms with Crippen molar-refractivity contribution in [2.75, 3.05) is 46.9 Å². The van der Waals surface area contributed by atoms with Crippen LogP contribution in [0.1, 0.15) is 25.8 Å². The molecule has 1 rings (SSSR count). The Morgan fingerprint density at radius 2 is 2.12 bits per heavy atom. The van der Waals surface area contributed by atoms with E-state index in [1.165, 1.54) is 0 Å². The van der Waals surface area contributed by atoms with E-state index in [4.69, 9.17) is 16.3 Å². The molecule has 0 aliphatic heterocycles. The van der Waals surface area contributed by atoms with Gasteiger partial charge in [-0.05, 0) is 52.4 Å². The van der Waals surface area contributed by atoms with Crippen LogP contribution in [0.25, 0.3) is 0 Å². The van der Waals surface area contributed by atoms with Gasteiger partial charge in [-0.2, -0.15) is 0 Å². The molecule has 2 N–H and O–H groups in total. The van der Waals surface area contributed by atoms with Crippen LogP contribution in [0.4, 0.5) is 0 Å². The fourth-order valence-corrected chi connectivity index (χ4v) is 2.39. The molecule has 0 aromatic carbocycles. The van der Waals surface area contributed by atoms with Gasteiger partial charge >= 0.3 is 0 Å². The molecule has 0 aliphatic carbocycles. The molecular weight excluding hydrogens is 338 g/mol. The van der Waals surface area contributed by atoms with Crippen molar-refractivity contribution in [3.05, 3.63) is 29.0 Å². The van der Waals surface area contributed by atoms with Gasteiger partial charge in [0.2, 0.25) is 0 Å². The Kier molecular flexibility index (Phi) is 11.2. The lowest BCUT2D eigenvalue weighted by molar-refractivity contribution is 0.0582. The second kappa shape index (κ2) is 12.9. The lowest BCUT2D eigenvalue weighted by Gasteiger charge is -2.18. The van der Waals surface area contributed by atoms with Crippen molar-refractivity contribution in [2.45, 2.75) is 32.8 Å². The highest BCUT2D eigenvalue weighted by atomic mass is 35.5. The minimum atomic E-state index is 0.142. The number of rotatable bonds is 11. The maximum Gasteiger partial charge on any atom is 0.191 e. The molecule has 0 bridgehead atoms. The molecule has 0 aliphatic rings. The average Bonchev–Trinajstić information content (AvgIpc) is 2.58. The highest BCUT2D eigenvalue weighted by Gasteiger charge is 2.09. The zero-order chi connectivity index (χ0) is 18.5. The molecule has 0 fully saturated rings. The van der Waals surface area contributed by atoms with Gasteiger partial charge in [0, 0.05) is 32.4 Å². The Bertz CT molecular complexity index is 493. The fraction of sp³-hybridized carbons (Fsp3) is 0.667. The number of nitrogens with zero attached hydrogens (tertiary/aromatic N) is 3. The van der Waals surface area contributed by atoms with Gasteiger partial charge in [0.1, 0.15) is 5.15 Å². The van der Waals surface area contributed by atoms with Crippen molar-refractivity contribution in [3.63, 3.8) is 0 Å². The van der Waals surface area contributed by atoms with Gasteiger partial charge in [-0.25, -0.2) is 4.98 Å². The number of hydrogen-bond donors (Lipinski definition) is 2. The number of guanidine groups is 1. The molecule has 1 aromatic heterocycles. The van der Waals surface area contributed by atoms with E-state index in [-0.39, 0.29) is 6.10 Å². The summed E-state index contributed by atoms with van der Waals surface area (Å²) in [5.41, 5.74) is 1.14. The van der Waals surface area contributed by atoms with Crippen LogP contribution in [0.5, 0.6) is 0 Å². The summed E-state index contributed by atoms with van der Waals surface area (Å²) in [5.74, 6) is 0.818. The molecule has 1 aromatic rings. The standard InChI is InChI=1S/C18H32ClN5O/c1-5-20-18(21-11-9-15-7-8-17(19)22-13-15)23-14-16(25-6-2)10-12-24(3)4/h7-8,13,16H,5-6,9-12,14H2,1-4H3,(H2,20,21,23). The zero-order valence-electron chi connectivity index (χ0n) is 15.9. The number of hydrogen-bond acceptors (Lipinski definition) is 4. The smallest absolute Gasteiger partial charge is 0.191 e. The molecule has 25 heavy (non-hydrogen) atoms. The Morgan fingerprint density at radius 3 is 2.72 bits per heavy atom. The number of aliphatic imine (C=N–C) groups is 1. The fourth-order valence-electron chi connectivity index (χ4n) is 2.28. The van der Waals surface area contributed by atoms with Crippen LogP contribution in [-0.4, -0.2) is 68.8 Å². The van der Waals surface area contributed by atoms with Crippen LogP contribution >= 0.6 is 11.6 Å². The lowest BCUT2D eigenvalue weighted by atomic mass is 10.2. The summed E-state index contributed by atoms with van der Waals surface area (Å²) in [6.07, 6.45) is 3.79. The zero-order valence-corrected chi connectivity index (χ0v) is 16.6. The summed E-state index contributed by atoms with van der Waals surface area (Å²) in [6, 6.07) is 3.81. The van der Waals surface area contributed by atoms with Gasteiger partial charge in [-0.3, -0.25) is 4.99 Å². The highest BCUT2D eigenvalue weighted by Crippen LogP contribution is 2.05. The molecule has 0 saturated heterocycles. The number of nitrogens with one attached hydrogen (secondary N) is 2. The van der Waals surface area contributed by atoms with Crippen LogP contribution < -0.4 is 10.6 Å². The second-order valence-corrected chi connectivity index (χ2v) is 6.44. The number of pyridine rings is 1. The largest absolute Gasteiger partial charge is 0.377 e. The molecule has 142 valence electrons. The number of ether oxygens (including phenoxy) is 1. The van der Waals surface area contributed by atoms with Crippen molar-refractivity contribution >= 4 is 17.6 Å². The lowest BCUT2D eigenvalue weighted by Crippen LogP contribution is -2.39. The van der Waals surface area contributed by atoms with Gasteiger partial charge in [0.15, 0.2) is 5.96 Å². The van der Waals surface area contributed by atoms with Gasteiger partial charge in [-0.1, -0.05) is 17.7 Å². The first-order valence-electron chi connectivity index (χ1n) is 8.94. The first-order chi connectivity index (χ1) is 12.0. The number of aromatic nitrogens is 1. The van der Waals surface area contributed by atoms with Crippen molar-refractivity contribution in [2.24, 2.45) is 4.99 Å². The van der Waals surface area contributed by atoms with E-state index in [0.717, 1.165) is 44.0 Å². The summed E-state index contributed by atoms with van der Waals surface area (Å²) in [5, 5.41) is 7.15. The van der Waals surface area contributed by atoms with Crippen LogP contribution in [0.15, 0.2) is 23.3 Å². The Balaban J connectivity index is 2.48. The summed E-state index contributed by atoms with van der Waals surface area (Å²) in [6.45, 7) is 8.05. The van der Waals surface area contributed by atoms with Crippen LogP contribution in [0.2, 0.25) is 5.15 Å². The third-order valence-electron chi connectivity index (χ3n) is 3.59. The predicted octanol–water partition coefficient (Wildman–Crippen LogP) is 2.19. The van der Waals surface area contributed by atoms with Crippen molar-refractivity contribution in [1.82, 2.24) is 20.5 Å². The van der Waals surface area contributed by atoms with E-state index in [0.29, 0.717) is 18.3 Å². The van der Waals surface area contributed by atoms with Crippen LogP contribution in [-0.2, 0) is 11.2 Å². The molecular formula is C18H32ClN5O. The van der Waals surface area contributed by atoms with Gasteiger partial charge < -0.3 is 20.3 Å². The predicted molar refractivity (Wildman–Crippen MR) is 106 cm³/mol. The van der Waals surface area contributed by atoms with Crippen molar-refractivity contribution in [1.29, 1.82) is 0 Å². The third kappa shape index (κ3) is 10.3. The van der Waals surface area contributed by atoms with E-state index in [1.807, 2.05) is 19.1 Å². The minimum absolute atomic E-state index is 0.142. The van der Waals surface area contributed by atoms with E-state index in [9.17, 15) is 0 Å². The molecule has 0 radical (unpaired) electrons. The quantitative estimate of drug-likeness (QED) is 0.355. The van der Waals surface area contributed by atoms with Crippen LogP contribution in [0.3, 0.4) is 0 Å². The monoisotopic (exact) mass is 369 g/mol. The maximum absolute atomic E-state index is 5.81. The molecule has 1 unspecified atom stereocenters. The molecule has 0 spiro atoms. The van der Waals surface area contributed by atoms with Crippen molar-refractivity contribution in [3.8, 4) is 0 Å². The summed E-state index contributed by atoms with van der Waals surface area (Å²) in [7, 11) is 4.15. The molecule has 0 saturated carbocycles. The summed E-state index contributed by atoms with van der Waals surface area (Å²) >= 11 is 5.81. The minimum Gasteiger partial charge on any atom is -0.377 e. The normalized spacial score (nSPS) is 13.1. The van der Waals surface area contributed by atoms with Gasteiger partial charge in [-0.15, -0.1) is 0 Å². The summed E-state index contributed by atoms with van der Waals surface area (Å²) < 4.78 is 5.80. The summed E-state index contributed by atoms with van der Waals surface area (Å²) in [4.78, 5) is 10.9. The Morgan fingerprint density at radius 1 is 1.32 bits per heavy atom. The average molecular weight is 370 g/mol. The maximum atomic E-state index is 5.81. The van der Waals surface area contributed by atoms with E-state index in [1.54, 1.807) is 6.20 Å². The van der Waals surface area contributed by atoms with Gasteiger partial charge in [0.05, 0.1) is 12.6 Å². The van der Waals surface area contributed by atoms with Gasteiger partial charge in [0.25, 0.3) is 0 Å². The second-order valence-electron chi connectivity index (χ2n) is 6.05. The first-order valence-corrected chi connectivity index (χ1v) is 9.31. The van der Waals surface area contributed by atoms with E-state index in [2.05, 4.69) is 46.5 Å². The number of halogens is 1. The van der Waals surface area contributed by atoms with E-state index >= 15 is 0 Å². The molecule has 6 nitrogen and oxygen atoms in total. The highest BCUT2D eigenvalue weighted by molar-refractivity contribution is 6.29. The first kappa shape index (κ1) is 21.7. The Labute approximate surface area is 157 Å². The SMILES string of the molecule is CCNC(=NCC(CCN(C)C)OCC)NCCc1ccc(Cl)nc1. The third-order valence-corrected chi connectivity index (χ3v) is 3.82. The van der Waals surface area contributed by atoms with Crippen molar-refractivity contribution < 1.29 is 4.74 Å². The molecule has 0 amide bonds. The van der Waals surface area contributed by atoms with E-state index < -0.39 is 0 Å². The topological polar surface area (TPSA) is 61.8 Å². The molecule has 7 heteroatoms.